The lowest BCUT2D eigenvalue weighted by Gasteiger charge is -2.35. The molecule has 0 radical (unpaired) electrons. The van der Waals surface area contributed by atoms with E-state index in [1.165, 1.54) is 0 Å². The Morgan fingerprint density at radius 1 is 1.32 bits per heavy atom. The highest BCUT2D eigenvalue weighted by molar-refractivity contribution is 6.30. The molecule has 1 aliphatic heterocycles. The second kappa shape index (κ2) is 6.07. The second-order valence-corrected chi connectivity index (χ2v) is 6.05. The Bertz CT molecular complexity index is 659. The minimum Gasteiger partial charge on any atom is -0.370 e. The van der Waals surface area contributed by atoms with E-state index in [0.29, 0.717) is 11.4 Å². The summed E-state index contributed by atoms with van der Waals surface area (Å²) in [6.07, 6.45) is 2.97. The highest BCUT2D eigenvalue weighted by Crippen LogP contribution is 2.43. The third kappa shape index (κ3) is 2.60. The fourth-order valence-electron chi connectivity index (χ4n) is 3.40. The van der Waals surface area contributed by atoms with Gasteiger partial charge in [-0.2, -0.15) is 0 Å². The van der Waals surface area contributed by atoms with Crippen molar-refractivity contribution in [2.75, 3.05) is 6.54 Å². The van der Waals surface area contributed by atoms with Crippen LogP contribution in [0.5, 0.6) is 0 Å². The summed E-state index contributed by atoms with van der Waals surface area (Å²) < 4.78 is 0. The molecule has 2 aromatic rings. The van der Waals surface area contributed by atoms with Gasteiger partial charge in [0, 0.05) is 17.6 Å². The lowest BCUT2D eigenvalue weighted by Crippen LogP contribution is -2.44. The molecular formula is C17H18ClN3O. The zero-order chi connectivity index (χ0) is 15.6. The number of benzene rings is 1. The van der Waals surface area contributed by atoms with Crippen molar-refractivity contribution in [2.45, 2.75) is 18.4 Å². The summed E-state index contributed by atoms with van der Waals surface area (Å²) in [7, 11) is 0. The number of hydrogen-bond acceptors (Lipinski definition) is 3. The van der Waals surface area contributed by atoms with E-state index in [0.717, 1.165) is 24.2 Å². The molecule has 4 nitrogen and oxygen atoms in total. The Balaban J connectivity index is 2.13. The number of primary amides is 1. The molecule has 1 aliphatic rings. The van der Waals surface area contributed by atoms with E-state index in [-0.39, 0.29) is 11.8 Å². The maximum atomic E-state index is 11.5. The van der Waals surface area contributed by atoms with E-state index in [2.05, 4.69) is 10.3 Å². The van der Waals surface area contributed by atoms with Gasteiger partial charge in [-0.15, -0.1) is 0 Å². The monoisotopic (exact) mass is 315 g/mol. The first-order valence-corrected chi connectivity index (χ1v) is 7.71. The van der Waals surface area contributed by atoms with E-state index < -0.39 is 5.54 Å². The van der Waals surface area contributed by atoms with Gasteiger partial charge in [0.15, 0.2) is 0 Å². The molecule has 114 valence electrons. The van der Waals surface area contributed by atoms with Crippen molar-refractivity contribution < 1.29 is 4.79 Å². The molecule has 2 atom stereocenters. The Kier molecular flexibility index (Phi) is 4.14. The summed E-state index contributed by atoms with van der Waals surface area (Å²) in [6.45, 7) is 0.817. The highest BCUT2D eigenvalue weighted by Gasteiger charge is 2.46. The predicted octanol–water partition coefficient (Wildman–Crippen LogP) is 2.46. The number of nitrogens with one attached hydrogen (secondary N) is 1. The molecular weight excluding hydrogens is 298 g/mol. The molecule has 1 aromatic heterocycles. The first-order valence-electron chi connectivity index (χ1n) is 7.34. The van der Waals surface area contributed by atoms with Crippen LogP contribution in [0, 0.1) is 5.92 Å². The first kappa shape index (κ1) is 15.0. The summed E-state index contributed by atoms with van der Waals surface area (Å²) in [5.41, 5.74) is 6.93. The zero-order valence-electron chi connectivity index (χ0n) is 12.1. The standard InChI is InChI=1S/C17H18ClN3O/c18-14-6-4-12(5-7-14)17(15-3-1-2-9-20-15)13(8-10-21-17)11-16(19)22/h1-7,9,13,21H,8,10-11H2,(H2,19,22). The van der Waals surface area contributed by atoms with Gasteiger partial charge in [-0.05, 0) is 48.7 Å². The van der Waals surface area contributed by atoms with Crippen molar-refractivity contribution >= 4 is 17.5 Å². The summed E-state index contributed by atoms with van der Waals surface area (Å²) in [6, 6.07) is 13.5. The normalized spacial score (nSPS) is 24.3. The second-order valence-electron chi connectivity index (χ2n) is 5.61. The third-order valence-corrected chi connectivity index (χ3v) is 4.58. The predicted molar refractivity (Wildman–Crippen MR) is 86.4 cm³/mol. The SMILES string of the molecule is NC(=O)CC1CCNC1(c1ccc(Cl)cc1)c1ccccn1. The quantitative estimate of drug-likeness (QED) is 0.910. The molecule has 1 amide bonds. The van der Waals surface area contributed by atoms with Crippen LogP contribution in [-0.4, -0.2) is 17.4 Å². The molecule has 1 fully saturated rings. The van der Waals surface area contributed by atoms with Crippen LogP contribution in [-0.2, 0) is 10.3 Å². The minimum absolute atomic E-state index is 0.0704. The van der Waals surface area contributed by atoms with E-state index in [1.807, 2.05) is 42.5 Å². The van der Waals surface area contributed by atoms with Gasteiger partial charge in [-0.3, -0.25) is 9.78 Å². The Labute approximate surface area is 134 Å². The molecule has 22 heavy (non-hydrogen) atoms. The number of carbonyl (C=O) groups excluding carboxylic acids is 1. The molecule has 0 bridgehead atoms. The average molecular weight is 316 g/mol. The average Bonchev–Trinajstić information content (AvgIpc) is 2.93. The number of aromatic nitrogens is 1. The van der Waals surface area contributed by atoms with Crippen LogP contribution in [0.15, 0.2) is 48.7 Å². The van der Waals surface area contributed by atoms with Gasteiger partial charge in [0.05, 0.1) is 11.2 Å². The molecule has 0 aliphatic carbocycles. The van der Waals surface area contributed by atoms with Crippen molar-refractivity contribution in [2.24, 2.45) is 11.7 Å². The van der Waals surface area contributed by atoms with Gasteiger partial charge in [-0.25, -0.2) is 0 Å². The maximum Gasteiger partial charge on any atom is 0.217 e. The molecule has 3 N–H and O–H groups in total. The van der Waals surface area contributed by atoms with Crippen LogP contribution in [0.1, 0.15) is 24.1 Å². The van der Waals surface area contributed by atoms with E-state index in [9.17, 15) is 4.79 Å². The van der Waals surface area contributed by atoms with Crippen molar-refractivity contribution in [3.63, 3.8) is 0 Å². The number of halogens is 1. The lowest BCUT2D eigenvalue weighted by atomic mass is 9.75. The molecule has 2 heterocycles. The molecule has 1 saturated heterocycles. The van der Waals surface area contributed by atoms with Crippen LogP contribution in [0.4, 0.5) is 0 Å². The van der Waals surface area contributed by atoms with E-state index in [1.54, 1.807) is 6.20 Å². The van der Waals surface area contributed by atoms with Crippen molar-refractivity contribution in [3.05, 3.63) is 64.9 Å². The topological polar surface area (TPSA) is 68.0 Å². The number of carbonyl (C=O) groups is 1. The van der Waals surface area contributed by atoms with Gasteiger partial charge in [-0.1, -0.05) is 29.8 Å². The number of nitrogens with zero attached hydrogens (tertiary/aromatic N) is 1. The summed E-state index contributed by atoms with van der Waals surface area (Å²) in [4.78, 5) is 16.1. The molecule has 5 heteroatoms. The van der Waals surface area contributed by atoms with Gasteiger partial charge in [0.25, 0.3) is 0 Å². The molecule has 0 saturated carbocycles. The lowest BCUT2D eigenvalue weighted by molar-refractivity contribution is -0.119. The largest absolute Gasteiger partial charge is 0.370 e. The van der Waals surface area contributed by atoms with E-state index >= 15 is 0 Å². The van der Waals surface area contributed by atoms with Crippen molar-refractivity contribution in [1.82, 2.24) is 10.3 Å². The fourth-order valence-corrected chi connectivity index (χ4v) is 3.52. The van der Waals surface area contributed by atoms with Crippen LogP contribution >= 0.6 is 11.6 Å². The van der Waals surface area contributed by atoms with Crippen molar-refractivity contribution in [3.8, 4) is 0 Å². The molecule has 3 rings (SSSR count). The molecule has 2 unspecified atom stereocenters. The zero-order valence-corrected chi connectivity index (χ0v) is 12.9. The summed E-state index contributed by atoms with van der Waals surface area (Å²) in [5.74, 6) is -0.218. The maximum absolute atomic E-state index is 11.5. The van der Waals surface area contributed by atoms with Gasteiger partial charge < -0.3 is 11.1 Å². The number of pyridine rings is 1. The summed E-state index contributed by atoms with van der Waals surface area (Å²) in [5, 5.41) is 4.25. The van der Waals surface area contributed by atoms with Gasteiger partial charge >= 0.3 is 0 Å². The fraction of sp³-hybridized carbons (Fsp3) is 0.294. The van der Waals surface area contributed by atoms with Crippen LogP contribution in [0.25, 0.3) is 0 Å². The number of hydrogen-bond donors (Lipinski definition) is 2. The number of amides is 1. The molecule has 1 aromatic carbocycles. The number of nitrogens with two attached hydrogens (primary N) is 1. The Morgan fingerprint density at radius 3 is 2.73 bits per heavy atom. The van der Waals surface area contributed by atoms with Gasteiger partial charge in [0.1, 0.15) is 0 Å². The van der Waals surface area contributed by atoms with Crippen molar-refractivity contribution in [1.29, 1.82) is 0 Å². The third-order valence-electron chi connectivity index (χ3n) is 4.33. The Hall–Kier alpha value is -1.91. The first-order chi connectivity index (χ1) is 10.6. The Morgan fingerprint density at radius 2 is 2.09 bits per heavy atom. The highest BCUT2D eigenvalue weighted by atomic mass is 35.5. The van der Waals surface area contributed by atoms with E-state index in [4.69, 9.17) is 17.3 Å². The van der Waals surface area contributed by atoms with Crippen LogP contribution < -0.4 is 11.1 Å². The minimum atomic E-state index is -0.499. The smallest absolute Gasteiger partial charge is 0.217 e. The summed E-state index contributed by atoms with van der Waals surface area (Å²) >= 11 is 6.02. The molecule has 0 spiro atoms. The van der Waals surface area contributed by atoms with Crippen LogP contribution in [0.3, 0.4) is 0 Å². The number of rotatable bonds is 4. The van der Waals surface area contributed by atoms with Crippen LogP contribution in [0.2, 0.25) is 5.02 Å². The van der Waals surface area contributed by atoms with Gasteiger partial charge in [0.2, 0.25) is 5.91 Å².